The molecule has 0 bridgehead atoms. The van der Waals surface area contributed by atoms with Crippen molar-refractivity contribution in [1.29, 1.82) is 0 Å². The van der Waals surface area contributed by atoms with Crippen molar-refractivity contribution in [2.75, 3.05) is 0 Å². The fourth-order valence-corrected chi connectivity index (χ4v) is 3.67. The highest BCUT2D eigenvalue weighted by Crippen LogP contribution is 2.51. The van der Waals surface area contributed by atoms with Gasteiger partial charge < -0.3 is 9.42 Å². The van der Waals surface area contributed by atoms with E-state index in [1.165, 1.54) is 51.4 Å². The van der Waals surface area contributed by atoms with Crippen LogP contribution in [0.1, 0.15) is 51.4 Å². The van der Waals surface area contributed by atoms with E-state index in [9.17, 15) is 0 Å². The molecule has 0 heterocycles. The Hall–Kier alpha value is 0.350. The summed E-state index contributed by atoms with van der Waals surface area (Å²) < 4.78 is 5.50. The average Bonchev–Trinajstić information content (AvgIpc) is 2.59. The first-order valence-electron chi connectivity index (χ1n) is 5.42. The molecule has 2 nitrogen and oxygen atoms in total. The molecule has 0 aromatic heterocycles. The molecule has 0 aromatic rings. The fourth-order valence-electron chi connectivity index (χ4n) is 3.17. The van der Waals surface area contributed by atoms with Crippen LogP contribution in [-0.4, -0.2) is 11.0 Å². The van der Waals surface area contributed by atoms with Gasteiger partial charge in [-0.05, 0) is 31.1 Å². The van der Waals surface area contributed by atoms with Crippen LogP contribution < -0.4 is 0 Å². The fraction of sp³-hybridized carbons (Fsp3) is 1.00. The molecule has 2 unspecified atom stereocenters. The van der Waals surface area contributed by atoms with Gasteiger partial charge in [-0.2, -0.15) is 0 Å². The minimum atomic E-state index is -0.311. The van der Waals surface area contributed by atoms with Crippen molar-refractivity contribution in [1.82, 2.24) is 0 Å². The Kier molecular flexibility index (Phi) is 3.23. The molecule has 1 N–H and O–H groups in total. The smallest absolute Gasteiger partial charge is 0.152 e. The van der Waals surface area contributed by atoms with Crippen molar-refractivity contribution in [2.45, 2.75) is 57.5 Å². The molecule has 1 spiro atoms. The Morgan fingerprint density at radius 2 is 1.69 bits per heavy atom. The maximum Gasteiger partial charge on any atom is 0.152 e. The molecule has 76 valence electrons. The van der Waals surface area contributed by atoms with E-state index in [1.807, 2.05) is 0 Å². The topological polar surface area (TPSA) is 29.5 Å². The zero-order valence-electron chi connectivity index (χ0n) is 8.09. The predicted molar refractivity (Wildman–Crippen MR) is 54.8 cm³/mol. The molecular weight excluding hydrogens is 183 g/mol. The van der Waals surface area contributed by atoms with E-state index in [4.69, 9.17) is 9.42 Å². The molecule has 0 amide bonds. The molecule has 2 rings (SSSR count). The van der Waals surface area contributed by atoms with E-state index < -0.39 is 0 Å². The van der Waals surface area contributed by atoms with E-state index in [0.29, 0.717) is 11.5 Å². The van der Waals surface area contributed by atoms with Crippen LogP contribution in [0.5, 0.6) is 0 Å². The maximum atomic E-state index is 8.87. The first kappa shape index (κ1) is 9.89. The summed E-state index contributed by atoms with van der Waals surface area (Å²) in [7, 11) is -0.311. The van der Waals surface area contributed by atoms with Gasteiger partial charge in [0.05, 0.1) is 6.10 Å². The van der Waals surface area contributed by atoms with Gasteiger partial charge in [-0.15, -0.1) is 0 Å². The van der Waals surface area contributed by atoms with E-state index in [2.05, 4.69) is 0 Å². The third kappa shape index (κ3) is 1.91. The van der Waals surface area contributed by atoms with Crippen LogP contribution in [0.25, 0.3) is 0 Å². The number of hydrogen-bond acceptors (Lipinski definition) is 2. The van der Waals surface area contributed by atoms with Crippen molar-refractivity contribution in [3.05, 3.63) is 0 Å². The van der Waals surface area contributed by atoms with Crippen molar-refractivity contribution < 1.29 is 9.42 Å². The highest BCUT2D eigenvalue weighted by molar-refractivity contribution is 7.25. The summed E-state index contributed by atoms with van der Waals surface area (Å²) in [5, 5.41) is 0. The standard InChI is InChI=1S/C10H19O2P/c11-13-12-9-5-1-2-6-10(9)7-3-4-8-10/h9,11,13H,1-8H2. The molecule has 2 fully saturated rings. The van der Waals surface area contributed by atoms with Crippen LogP contribution in [0, 0.1) is 5.41 Å². The maximum absolute atomic E-state index is 8.87. The average molecular weight is 202 g/mol. The second-order valence-corrected chi connectivity index (χ2v) is 4.93. The van der Waals surface area contributed by atoms with Crippen LogP contribution in [0.15, 0.2) is 0 Å². The zero-order valence-corrected chi connectivity index (χ0v) is 9.09. The molecule has 2 aliphatic rings. The molecule has 2 atom stereocenters. The van der Waals surface area contributed by atoms with Crippen LogP contribution in [0.4, 0.5) is 0 Å². The second kappa shape index (κ2) is 4.25. The summed E-state index contributed by atoms with van der Waals surface area (Å²) >= 11 is 0. The normalized spacial score (nSPS) is 33.5. The van der Waals surface area contributed by atoms with Crippen LogP contribution in [0.3, 0.4) is 0 Å². The van der Waals surface area contributed by atoms with Gasteiger partial charge >= 0.3 is 0 Å². The van der Waals surface area contributed by atoms with Gasteiger partial charge in [0.2, 0.25) is 0 Å². The Morgan fingerprint density at radius 1 is 1.08 bits per heavy atom. The SMILES string of the molecule is OPOC1CCCCC12CCCC2. The van der Waals surface area contributed by atoms with Gasteiger partial charge in [0.1, 0.15) is 0 Å². The quantitative estimate of drug-likeness (QED) is 0.697. The molecule has 13 heavy (non-hydrogen) atoms. The molecule has 0 saturated heterocycles. The lowest BCUT2D eigenvalue weighted by atomic mass is 9.71. The molecule has 2 aliphatic carbocycles. The van der Waals surface area contributed by atoms with Crippen molar-refractivity contribution in [3.8, 4) is 0 Å². The minimum Gasteiger partial charge on any atom is -0.352 e. The Bertz CT molecular complexity index is 164. The lowest BCUT2D eigenvalue weighted by Crippen LogP contribution is -2.36. The van der Waals surface area contributed by atoms with Crippen molar-refractivity contribution >= 4 is 9.03 Å². The summed E-state index contributed by atoms with van der Waals surface area (Å²) in [6.45, 7) is 0. The first-order chi connectivity index (χ1) is 6.37. The molecule has 0 aliphatic heterocycles. The van der Waals surface area contributed by atoms with Gasteiger partial charge in [0, 0.05) is 0 Å². The third-order valence-corrected chi connectivity index (χ3v) is 4.26. The number of rotatable bonds is 2. The lowest BCUT2D eigenvalue weighted by Gasteiger charge is -2.40. The van der Waals surface area contributed by atoms with E-state index in [-0.39, 0.29) is 9.03 Å². The monoisotopic (exact) mass is 202 g/mol. The molecule has 2 saturated carbocycles. The first-order valence-corrected chi connectivity index (χ1v) is 6.28. The summed E-state index contributed by atoms with van der Waals surface area (Å²) in [5.74, 6) is 0. The highest BCUT2D eigenvalue weighted by Gasteiger charge is 2.43. The predicted octanol–water partition coefficient (Wildman–Crippen LogP) is 3.01. The molecule has 0 aromatic carbocycles. The van der Waals surface area contributed by atoms with Gasteiger partial charge in [-0.25, -0.2) is 0 Å². The third-order valence-electron chi connectivity index (χ3n) is 3.87. The van der Waals surface area contributed by atoms with Gasteiger partial charge in [0.15, 0.2) is 9.03 Å². The largest absolute Gasteiger partial charge is 0.352 e. The molecule has 0 radical (unpaired) electrons. The van der Waals surface area contributed by atoms with Crippen LogP contribution in [-0.2, 0) is 4.52 Å². The van der Waals surface area contributed by atoms with Crippen molar-refractivity contribution in [3.63, 3.8) is 0 Å². The molecule has 3 heteroatoms. The van der Waals surface area contributed by atoms with E-state index in [1.54, 1.807) is 0 Å². The second-order valence-electron chi connectivity index (χ2n) is 4.51. The summed E-state index contributed by atoms with van der Waals surface area (Å²) in [6, 6.07) is 0. The van der Waals surface area contributed by atoms with Crippen molar-refractivity contribution in [2.24, 2.45) is 5.41 Å². The number of hydrogen-bond donors (Lipinski definition) is 1. The van der Waals surface area contributed by atoms with Gasteiger partial charge in [0.25, 0.3) is 0 Å². The van der Waals surface area contributed by atoms with E-state index >= 15 is 0 Å². The Morgan fingerprint density at radius 3 is 2.31 bits per heavy atom. The Balaban J connectivity index is 2.03. The zero-order chi connectivity index (χ0) is 9.15. The van der Waals surface area contributed by atoms with Gasteiger partial charge in [-0.1, -0.05) is 25.7 Å². The molecular formula is C10H19O2P. The minimum absolute atomic E-state index is 0.311. The van der Waals surface area contributed by atoms with Crippen LogP contribution in [0.2, 0.25) is 0 Å². The summed E-state index contributed by atoms with van der Waals surface area (Å²) in [6.07, 6.45) is 10.9. The summed E-state index contributed by atoms with van der Waals surface area (Å²) in [5.41, 5.74) is 0.466. The van der Waals surface area contributed by atoms with E-state index in [0.717, 1.165) is 0 Å². The summed E-state index contributed by atoms with van der Waals surface area (Å²) in [4.78, 5) is 8.87. The van der Waals surface area contributed by atoms with Gasteiger partial charge in [-0.3, -0.25) is 0 Å². The lowest BCUT2D eigenvalue weighted by molar-refractivity contribution is 0.0169. The highest BCUT2D eigenvalue weighted by atomic mass is 31.1. The Labute approximate surface area is 82.0 Å². The van der Waals surface area contributed by atoms with Crippen LogP contribution >= 0.6 is 9.03 Å².